The van der Waals surface area contributed by atoms with Gasteiger partial charge in [0.15, 0.2) is 0 Å². The Bertz CT molecular complexity index is 246. The molecule has 2 heteroatoms. The largest absolute Gasteiger partial charge is 0.488 e. The first kappa shape index (κ1) is 9.84. The van der Waals surface area contributed by atoms with Crippen LogP contribution in [0, 0.1) is 10.5 Å². The van der Waals surface area contributed by atoms with Crippen LogP contribution in [0.4, 0.5) is 0 Å². The fourth-order valence-corrected chi connectivity index (χ4v) is 1.18. The lowest BCUT2D eigenvalue weighted by molar-refractivity contribution is 0.159. The highest BCUT2D eigenvalue weighted by molar-refractivity contribution is 14.1. The lowest BCUT2D eigenvalue weighted by Gasteiger charge is -2.20. The molecule has 1 aromatic carbocycles. The maximum absolute atomic E-state index is 5.54. The van der Waals surface area contributed by atoms with E-state index in [1.165, 1.54) is 3.57 Å². The molecule has 0 heterocycles. The monoisotopic (exact) mass is 275 g/mol. The Hall–Kier alpha value is -0.250. The third-order valence-electron chi connectivity index (χ3n) is 1.21. The number of ether oxygens (including phenoxy) is 1. The summed E-state index contributed by atoms with van der Waals surface area (Å²) in [5.41, 5.74) is -0.354. The van der Waals surface area contributed by atoms with E-state index in [4.69, 9.17) is 4.74 Å². The first-order valence-electron chi connectivity index (χ1n) is 3.77. The van der Waals surface area contributed by atoms with Gasteiger partial charge in [-0.15, -0.1) is 0 Å². The van der Waals surface area contributed by atoms with Gasteiger partial charge in [0.1, 0.15) is 11.4 Å². The van der Waals surface area contributed by atoms with Crippen LogP contribution in [0.25, 0.3) is 0 Å². The lowest BCUT2D eigenvalue weighted by Crippen LogP contribution is -2.23. The minimum Gasteiger partial charge on any atom is -0.488 e. The second kappa shape index (κ2) is 3.64. The van der Waals surface area contributed by atoms with E-state index in [1.807, 2.05) is 38.1 Å². The van der Waals surface area contributed by atoms with Gasteiger partial charge >= 0.3 is 0 Å². The highest BCUT2D eigenvalue weighted by Crippen LogP contribution is 2.18. The Balaban J connectivity index is 2.71. The van der Waals surface area contributed by atoms with Gasteiger partial charge in [-0.1, -0.05) is 0 Å². The van der Waals surface area contributed by atoms with Gasteiger partial charge in [-0.2, -0.15) is 0 Å². The Morgan fingerprint density at radius 2 is 1.75 bits per heavy atom. The Kier molecular flexibility index (Phi) is 2.99. The standard InChI is InChI=1S/C10H12IO/c1-10(2,3)12-9-6-4-8(11)5-7-9/h4-7H,1H2,2-3H3. The van der Waals surface area contributed by atoms with Crippen LogP contribution in [0.3, 0.4) is 0 Å². The van der Waals surface area contributed by atoms with E-state index in [1.54, 1.807) is 0 Å². The summed E-state index contributed by atoms with van der Waals surface area (Å²) in [6.45, 7) is 7.73. The molecule has 0 bridgehead atoms. The van der Waals surface area contributed by atoms with E-state index in [0.29, 0.717) is 0 Å². The molecule has 1 radical (unpaired) electrons. The fraction of sp³-hybridized carbons (Fsp3) is 0.300. The molecule has 0 aliphatic carbocycles. The predicted octanol–water partition coefficient (Wildman–Crippen LogP) is 3.28. The molecule has 0 N–H and O–H groups in total. The molecular formula is C10H12IO. The SMILES string of the molecule is [CH2]C(C)(C)Oc1ccc(I)cc1. The molecule has 12 heavy (non-hydrogen) atoms. The third kappa shape index (κ3) is 3.43. The highest BCUT2D eigenvalue weighted by atomic mass is 127. The molecule has 0 amide bonds. The Labute approximate surface area is 87.3 Å². The predicted molar refractivity (Wildman–Crippen MR) is 59.2 cm³/mol. The molecule has 0 saturated carbocycles. The number of halogens is 1. The molecule has 0 aliphatic heterocycles. The van der Waals surface area contributed by atoms with E-state index in [2.05, 4.69) is 29.5 Å². The summed E-state index contributed by atoms with van der Waals surface area (Å²) in [6, 6.07) is 7.94. The Morgan fingerprint density at radius 3 is 2.17 bits per heavy atom. The molecule has 0 aliphatic rings. The maximum atomic E-state index is 5.54. The zero-order chi connectivity index (χ0) is 9.19. The van der Waals surface area contributed by atoms with Gasteiger partial charge in [0.2, 0.25) is 0 Å². The maximum Gasteiger partial charge on any atom is 0.120 e. The van der Waals surface area contributed by atoms with Gasteiger partial charge in [0.25, 0.3) is 0 Å². The summed E-state index contributed by atoms with van der Waals surface area (Å²) in [7, 11) is 0. The van der Waals surface area contributed by atoms with Crippen molar-refractivity contribution >= 4 is 22.6 Å². The summed E-state index contributed by atoms with van der Waals surface area (Å²) in [5, 5.41) is 0. The second-order valence-corrected chi connectivity index (χ2v) is 4.56. The lowest BCUT2D eigenvalue weighted by atomic mass is 10.2. The molecule has 0 unspecified atom stereocenters. The van der Waals surface area contributed by atoms with Crippen LogP contribution in [-0.4, -0.2) is 5.60 Å². The zero-order valence-corrected chi connectivity index (χ0v) is 9.46. The van der Waals surface area contributed by atoms with Crippen LogP contribution < -0.4 is 4.74 Å². The summed E-state index contributed by atoms with van der Waals surface area (Å²) in [5.74, 6) is 0.871. The molecule has 0 aromatic heterocycles. The van der Waals surface area contributed by atoms with Gasteiger partial charge in [-0.05, 0) is 67.6 Å². The van der Waals surface area contributed by atoms with Gasteiger partial charge in [-0.25, -0.2) is 0 Å². The summed E-state index contributed by atoms with van der Waals surface area (Å²) >= 11 is 2.26. The van der Waals surface area contributed by atoms with Gasteiger partial charge in [-0.3, -0.25) is 0 Å². The van der Waals surface area contributed by atoms with E-state index in [0.717, 1.165) is 5.75 Å². The van der Waals surface area contributed by atoms with Gasteiger partial charge < -0.3 is 4.74 Å². The smallest absolute Gasteiger partial charge is 0.120 e. The molecular weight excluding hydrogens is 263 g/mol. The van der Waals surface area contributed by atoms with Crippen molar-refractivity contribution in [2.24, 2.45) is 0 Å². The molecule has 0 atom stereocenters. The van der Waals surface area contributed by atoms with Crippen molar-refractivity contribution in [3.8, 4) is 5.75 Å². The van der Waals surface area contributed by atoms with Crippen LogP contribution in [-0.2, 0) is 0 Å². The molecule has 1 rings (SSSR count). The third-order valence-corrected chi connectivity index (χ3v) is 1.93. The molecule has 65 valence electrons. The minimum absolute atomic E-state index is 0.354. The van der Waals surface area contributed by atoms with Crippen LogP contribution in [0.1, 0.15) is 13.8 Å². The van der Waals surface area contributed by atoms with Crippen molar-refractivity contribution in [3.05, 3.63) is 34.8 Å². The minimum atomic E-state index is -0.354. The molecule has 0 saturated heterocycles. The summed E-state index contributed by atoms with van der Waals surface area (Å²) in [4.78, 5) is 0. The van der Waals surface area contributed by atoms with Crippen LogP contribution in [0.5, 0.6) is 5.75 Å². The first-order valence-corrected chi connectivity index (χ1v) is 4.85. The van der Waals surface area contributed by atoms with Crippen LogP contribution in [0.15, 0.2) is 24.3 Å². The molecule has 0 fully saturated rings. The average molecular weight is 275 g/mol. The van der Waals surface area contributed by atoms with Gasteiger partial charge in [0, 0.05) is 3.57 Å². The number of hydrogen-bond acceptors (Lipinski definition) is 1. The highest BCUT2D eigenvalue weighted by Gasteiger charge is 2.11. The fourth-order valence-electron chi connectivity index (χ4n) is 0.822. The van der Waals surface area contributed by atoms with E-state index in [9.17, 15) is 0 Å². The van der Waals surface area contributed by atoms with E-state index >= 15 is 0 Å². The second-order valence-electron chi connectivity index (χ2n) is 3.32. The average Bonchev–Trinajstić information content (AvgIpc) is 1.91. The van der Waals surface area contributed by atoms with E-state index < -0.39 is 0 Å². The normalized spacial score (nSPS) is 11.3. The van der Waals surface area contributed by atoms with Crippen molar-refractivity contribution in [1.82, 2.24) is 0 Å². The van der Waals surface area contributed by atoms with Crippen molar-refractivity contribution < 1.29 is 4.74 Å². The van der Waals surface area contributed by atoms with Crippen molar-refractivity contribution in [2.75, 3.05) is 0 Å². The first-order chi connectivity index (χ1) is 5.47. The molecule has 1 aromatic rings. The topological polar surface area (TPSA) is 9.23 Å². The van der Waals surface area contributed by atoms with Gasteiger partial charge in [0.05, 0.1) is 0 Å². The number of benzene rings is 1. The Morgan fingerprint density at radius 1 is 1.25 bits per heavy atom. The molecule has 0 spiro atoms. The summed E-state index contributed by atoms with van der Waals surface area (Å²) < 4.78 is 6.75. The van der Waals surface area contributed by atoms with Crippen molar-refractivity contribution in [3.63, 3.8) is 0 Å². The number of rotatable bonds is 2. The van der Waals surface area contributed by atoms with Crippen molar-refractivity contribution in [2.45, 2.75) is 19.4 Å². The number of hydrogen-bond donors (Lipinski definition) is 0. The van der Waals surface area contributed by atoms with Crippen LogP contribution in [0.2, 0.25) is 0 Å². The van der Waals surface area contributed by atoms with Crippen LogP contribution >= 0.6 is 22.6 Å². The quantitative estimate of drug-likeness (QED) is 0.752. The zero-order valence-electron chi connectivity index (χ0n) is 7.30. The molecule has 1 nitrogen and oxygen atoms in total. The van der Waals surface area contributed by atoms with Crippen molar-refractivity contribution in [1.29, 1.82) is 0 Å². The van der Waals surface area contributed by atoms with E-state index in [-0.39, 0.29) is 5.60 Å². The summed E-state index contributed by atoms with van der Waals surface area (Å²) in [6.07, 6.45) is 0.